The third kappa shape index (κ3) is 13.6. The lowest BCUT2D eigenvalue weighted by molar-refractivity contribution is -0.125. The molecule has 13 nitrogen and oxygen atoms in total. The van der Waals surface area contributed by atoms with Crippen molar-refractivity contribution in [1.82, 2.24) is 10.6 Å². The first-order chi connectivity index (χ1) is 16.0. The molecule has 2 heterocycles. The Balaban J connectivity index is 0.000000657. The molecule has 0 radical (unpaired) electrons. The highest BCUT2D eigenvalue weighted by Gasteiger charge is 2.28. The van der Waals surface area contributed by atoms with Crippen molar-refractivity contribution >= 4 is 23.6 Å². The first-order valence-electron chi connectivity index (χ1n) is 10.2. The maximum atomic E-state index is 11.5. The van der Waals surface area contributed by atoms with Crippen LogP contribution in [0.2, 0.25) is 0 Å². The average molecular weight is 474 g/mol. The fourth-order valence-corrected chi connectivity index (χ4v) is 2.34. The monoisotopic (exact) mass is 474 g/mol. The van der Waals surface area contributed by atoms with Crippen LogP contribution in [0.5, 0.6) is 0 Å². The van der Waals surface area contributed by atoms with Crippen LogP contribution >= 0.6 is 0 Å². The van der Waals surface area contributed by atoms with Crippen molar-refractivity contribution in [2.75, 3.05) is 72.7 Å². The Morgan fingerprint density at radius 2 is 1.15 bits per heavy atom. The quantitative estimate of drug-likeness (QED) is 0.126. The Bertz CT molecular complexity index is 677. The van der Waals surface area contributed by atoms with Gasteiger partial charge in [-0.2, -0.15) is 0 Å². The van der Waals surface area contributed by atoms with Gasteiger partial charge in [0.2, 0.25) is 0 Å². The Morgan fingerprint density at radius 1 is 0.667 bits per heavy atom. The third-order valence-electron chi connectivity index (χ3n) is 3.83. The van der Waals surface area contributed by atoms with Gasteiger partial charge in [-0.1, -0.05) is 0 Å². The van der Waals surface area contributed by atoms with Crippen molar-refractivity contribution in [1.29, 1.82) is 0 Å². The highest BCUT2D eigenvalue weighted by Crippen LogP contribution is 2.11. The van der Waals surface area contributed by atoms with E-state index in [9.17, 15) is 24.3 Å². The summed E-state index contributed by atoms with van der Waals surface area (Å²) in [6.45, 7) is 2.87. The van der Waals surface area contributed by atoms with Gasteiger partial charge in [-0.25, -0.2) is 0 Å². The molecule has 13 heteroatoms. The second-order valence-corrected chi connectivity index (χ2v) is 6.32. The molecule has 0 spiro atoms. The van der Waals surface area contributed by atoms with Gasteiger partial charge in [0.15, 0.2) is 0 Å². The molecule has 1 atom stereocenters. The van der Waals surface area contributed by atoms with Gasteiger partial charge in [-0.05, 0) is 0 Å². The van der Waals surface area contributed by atoms with Crippen LogP contribution in [-0.4, -0.2) is 113 Å². The lowest BCUT2D eigenvalue weighted by Gasteiger charge is -2.15. The number of carbonyl (C=O) groups excluding carboxylic acids is 4. The van der Waals surface area contributed by atoms with Crippen molar-refractivity contribution in [3.8, 4) is 0 Å². The molecule has 33 heavy (non-hydrogen) atoms. The topological polar surface area (TPSA) is 179 Å². The van der Waals surface area contributed by atoms with E-state index in [0.717, 1.165) is 6.08 Å². The molecule has 0 bridgehead atoms. The largest absolute Gasteiger partial charge is 0.394 e. The van der Waals surface area contributed by atoms with Crippen LogP contribution in [0.4, 0.5) is 0 Å². The zero-order valence-electron chi connectivity index (χ0n) is 18.2. The second kappa shape index (κ2) is 18.0. The second-order valence-electron chi connectivity index (χ2n) is 6.32. The van der Waals surface area contributed by atoms with E-state index < -0.39 is 24.5 Å². The van der Waals surface area contributed by atoms with E-state index in [4.69, 9.17) is 28.8 Å². The average Bonchev–Trinajstić information content (AvgIpc) is 3.34. The zero-order chi connectivity index (χ0) is 24.3. The fraction of sp³-hybridized carbons (Fsp3) is 0.600. The standard InChI is InChI=1S/C16H27NO9.C4H3NO2/c18-1-2-22-3-4-23-5-6-24-7-8-25-9-10-26-14(12-19)13-11-15(20)17-16(13)21;6-3-1-2-4(7)5-3/h11,14,18-19H,1-10,12H2,(H,17,20,21);1-2H,(H,5,6,7). The molecule has 0 aromatic heterocycles. The van der Waals surface area contributed by atoms with Crippen molar-refractivity contribution in [2.45, 2.75) is 6.10 Å². The molecule has 0 fully saturated rings. The number of hydrogen-bond acceptors (Lipinski definition) is 11. The third-order valence-corrected chi connectivity index (χ3v) is 3.83. The molecule has 0 aromatic carbocycles. The van der Waals surface area contributed by atoms with Crippen LogP contribution < -0.4 is 10.6 Å². The van der Waals surface area contributed by atoms with E-state index >= 15 is 0 Å². The molecule has 0 aliphatic carbocycles. The van der Waals surface area contributed by atoms with E-state index in [1.165, 1.54) is 12.2 Å². The number of amides is 4. The van der Waals surface area contributed by atoms with E-state index in [1.807, 2.05) is 5.32 Å². The predicted molar refractivity (Wildman–Crippen MR) is 111 cm³/mol. The molecule has 2 aliphatic rings. The predicted octanol–water partition coefficient (Wildman–Crippen LogP) is -2.80. The number of imide groups is 2. The normalized spacial score (nSPS) is 15.8. The van der Waals surface area contributed by atoms with Gasteiger partial charge in [0.05, 0.1) is 78.2 Å². The van der Waals surface area contributed by atoms with Gasteiger partial charge < -0.3 is 33.9 Å². The highest BCUT2D eigenvalue weighted by molar-refractivity contribution is 6.16. The Kier molecular flexibility index (Phi) is 15.5. The maximum absolute atomic E-state index is 11.5. The van der Waals surface area contributed by atoms with Crippen molar-refractivity contribution in [3.05, 3.63) is 23.8 Å². The van der Waals surface area contributed by atoms with E-state index in [2.05, 4.69) is 5.32 Å². The molecular formula is C20H30N2O11. The molecule has 4 amide bonds. The molecule has 1 unspecified atom stereocenters. The summed E-state index contributed by atoms with van der Waals surface area (Å²) in [6, 6.07) is 0. The van der Waals surface area contributed by atoms with Crippen molar-refractivity contribution in [2.24, 2.45) is 0 Å². The summed E-state index contributed by atoms with van der Waals surface area (Å²) >= 11 is 0. The zero-order valence-corrected chi connectivity index (χ0v) is 18.2. The Hall–Kier alpha value is -2.52. The van der Waals surface area contributed by atoms with Gasteiger partial charge in [-0.15, -0.1) is 0 Å². The van der Waals surface area contributed by atoms with Gasteiger partial charge in [0.1, 0.15) is 6.10 Å². The Labute approximate surface area is 190 Å². The minimum absolute atomic E-state index is 0.00166. The van der Waals surface area contributed by atoms with Crippen LogP contribution in [0.3, 0.4) is 0 Å². The molecular weight excluding hydrogens is 444 g/mol. The minimum Gasteiger partial charge on any atom is -0.394 e. The van der Waals surface area contributed by atoms with Gasteiger partial charge >= 0.3 is 0 Å². The summed E-state index contributed by atoms with van der Waals surface area (Å²) in [5.74, 6) is -1.72. The number of ether oxygens (including phenoxy) is 5. The number of nitrogens with one attached hydrogen (secondary N) is 2. The summed E-state index contributed by atoms with van der Waals surface area (Å²) in [7, 11) is 0. The maximum Gasteiger partial charge on any atom is 0.256 e. The summed E-state index contributed by atoms with van der Waals surface area (Å²) in [5.41, 5.74) is 0.114. The first-order valence-corrected chi connectivity index (χ1v) is 10.2. The molecule has 186 valence electrons. The summed E-state index contributed by atoms with van der Waals surface area (Å²) in [5, 5.41) is 21.9. The fourth-order valence-electron chi connectivity index (χ4n) is 2.34. The summed E-state index contributed by atoms with van der Waals surface area (Å²) < 4.78 is 26.2. The molecule has 4 N–H and O–H groups in total. The number of hydrogen-bond donors (Lipinski definition) is 4. The molecule has 2 aliphatic heterocycles. The lowest BCUT2D eigenvalue weighted by Crippen LogP contribution is -2.30. The molecule has 2 rings (SSSR count). The Morgan fingerprint density at radius 3 is 1.52 bits per heavy atom. The van der Waals surface area contributed by atoms with Gasteiger partial charge in [-0.3, -0.25) is 29.8 Å². The minimum atomic E-state index is -0.847. The van der Waals surface area contributed by atoms with E-state index in [1.54, 1.807) is 0 Å². The summed E-state index contributed by atoms with van der Waals surface area (Å²) in [4.78, 5) is 42.6. The number of aliphatic hydroxyl groups excluding tert-OH is 2. The number of aliphatic hydroxyl groups is 2. The highest BCUT2D eigenvalue weighted by atomic mass is 16.6. The molecule has 0 saturated carbocycles. The molecule has 0 saturated heterocycles. The summed E-state index contributed by atoms with van der Waals surface area (Å²) in [6.07, 6.45) is 2.67. The SMILES string of the molecule is O=C1C=C(C(CO)OCCOCCOCCOCCOCCO)C(=O)N1.O=C1C=CC(=O)N1. The lowest BCUT2D eigenvalue weighted by atomic mass is 10.1. The van der Waals surface area contributed by atoms with Crippen LogP contribution in [0.1, 0.15) is 0 Å². The van der Waals surface area contributed by atoms with Gasteiger partial charge in [0.25, 0.3) is 23.6 Å². The van der Waals surface area contributed by atoms with Crippen LogP contribution in [0.25, 0.3) is 0 Å². The van der Waals surface area contributed by atoms with E-state index in [-0.39, 0.29) is 37.2 Å². The van der Waals surface area contributed by atoms with Crippen LogP contribution in [0.15, 0.2) is 23.8 Å². The van der Waals surface area contributed by atoms with Crippen molar-refractivity contribution in [3.63, 3.8) is 0 Å². The smallest absolute Gasteiger partial charge is 0.256 e. The molecule has 0 aromatic rings. The van der Waals surface area contributed by atoms with Gasteiger partial charge in [0, 0.05) is 18.2 Å². The number of carbonyl (C=O) groups is 4. The van der Waals surface area contributed by atoms with Crippen LogP contribution in [0, 0.1) is 0 Å². The van der Waals surface area contributed by atoms with Crippen LogP contribution in [-0.2, 0) is 42.9 Å². The number of rotatable bonds is 17. The first kappa shape index (κ1) is 28.5. The van der Waals surface area contributed by atoms with Crippen molar-refractivity contribution < 1.29 is 53.1 Å². The van der Waals surface area contributed by atoms with E-state index in [0.29, 0.717) is 46.2 Å².